The van der Waals surface area contributed by atoms with Crippen molar-refractivity contribution >= 4 is 86.5 Å². The Morgan fingerprint density at radius 3 is 1.74 bits per heavy atom. The predicted octanol–water partition coefficient (Wildman–Crippen LogP) is 5.53. The third-order valence-corrected chi connectivity index (χ3v) is 4.37. The first-order valence-corrected chi connectivity index (χ1v) is 8.33. The van der Waals surface area contributed by atoms with Crippen molar-refractivity contribution in [1.82, 2.24) is 0 Å². The average molecular weight is 431 g/mol. The highest BCUT2D eigenvalue weighted by molar-refractivity contribution is 7.83. The molecule has 0 aliphatic rings. The maximum Gasteiger partial charge on any atom is 0.350 e. The van der Waals surface area contributed by atoms with Crippen LogP contribution in [0.15, 0.2) is 32.3 Å². The van der Waals surface area contributed by atoms with E-state index in [1.165, 1.54) is 0 Å². The summed E-state index contributed by atoms with van der Waals surface area (Å²) in [5.74, 6) is -0.919. The van der Waals surface area contributed by atoms with Crippen LogP contribution in [0, 0.1) is 11.3 Å². The van der Waals surface area contributed by atoms with Crippen molar-refractivity contribution in [2.75, 3.05) is 0 Å². The summed E-state index contributed by atoms with van der Waals surface area (Å²) < 4.78 is 5.17. The van der Waals surface area contributed by atoms with Crippen LogP contribution in [-0.2, 0) is 9.53 Å². The van der Waals surface area contributed by atoms with Crippen molar-refractivity contribution < 1.29 is 9.53 Å². The molecule has 0 rings (SSSR count). The van der Waals surface area contributed by atoms with E-state index in [0.717, 1.165) is 11.1 Å². The quantitative estimate of drug-likeness (QED) is 0.248. The highest BCUT2D eigenvalue weighted by Gasteiger charge is 2.28. The van der Waals surface area contributed by atoms with Gasteiger partial charge in [-0.3, -0.25) is 0 Å². The molecule has 0 bridgehead atoms. The molecule has 3 nitrogen and oxygen atoms in total. The summed E-state index contributed by atoms with van der Waals surface area (Å²) in [7, 11) is 0. The largest absolute Gasteiger partial charge is 0.456 e. The number of halogens is 4. The molecular formula is C14H11Cl4NO2S2. The molecule has 0 spiro atoms. The number of nitrogens with zero attached hydrogens (tertiary/aromatic N) is 1. The summed E-state index contributed by atoms with van der Waals surface area (Å²) in [6.45, 7) is 4.94. The maximum atomic E-state index is 12.2. The van der Waals surface area contributed by atoms with Crippen LogP contribution in [0.1, 0.15) is 20.8 Å². The van der Waals surface area contributed by atoms with Crippen LogP contribution < -0.4 is 0 Å². The van der Waals surface area contributed by atoms with Crippen molar-refractivity contribution in [3.8, 4) is 6.07 Å². The Bertz CT molecular complexity index is 635. The minimum atomic E-state index is -0.919. The molecule has 124 valence electrons. The first-order valence-electron chi connectivity index (χ1n) is 5.89. The zero-order chi connectivity index (χ0) is 18.4. The number of esters is 1. The van der Waals surface area contributed by atoms with Gasteiger partial charge in [-0.2, -0.15) is 5.26 Å². The van der Waals surface area contributed by atoms with E-state index in [1.54, 1.807) is 26.8 Å². The van der Waals surface area contributed by atoms with E-state index in [9.17, 15) is 10.1 Å². The van der Waals surface area contributed by atoms with E-state index in [-0.39, 0.29) is 25.4 Å². The number of carbonyl (C=O) groups excluding carboxylic acids is 1. The van der Waals surface area contributed by atoms with E-state index in [4.69, 9.17) is 75.6 Å². The molecule has 0 fully saturated rings. The SMILES string of the molecule is CC(C)(C)OC(=O)C(C#N)=C(C(=S)C(Cl)=CCl)C(=S)C(Cl)=CCl. The number of thiocarbonyl (C=S) groups is 2. The van der Waals surface area contributed by atoms with Gasteiger partial charge < -0.3 is 4.74 Å². The minimum Gasteiger partial charge on any atom is -0.456 e. The molecule has 0 aromatic rings. The lowest BCUT2D eigenvalue weighted by Gasteiger charge is -2.20. The van der Waals surface area contributed by atoms with Gasteiger partial charge in [-0.05, 0) is 20.8 Å². The van der Waals surface area contributed by atoms with Crippen LogP contribution in [0.2, 0.25) is 0 Å². The average Bonchev–Trinajstić information content (AvgIpc) is 2.47. The molecular weight excluding hydrogens is 420 g/mol. The lowest BCUT2D eigenvalue weighted by molar-refractivity contribution is -0.149. The van der Waals surface area contributed by atoms with Crippen molar-refractivity contribution in [2.24, 2.45) is 0 Å². The fraction of sp³-hybridized carbons (Fsp3) is 0.286. The molecule has 0 aromatic heterocycles. The van der Waals surface area contributed by atoms with Gasteiger partial charge in [-0.25, -0.2) is 4.79 Å². The van der Waals surface area contributed by atoms with E-state index < -0.39 is 17.1 Å². The van der Waals surface area contributed by atoms with E-state index in [1.807, 2.05) is 0 Å². The Morgan fingerprint density at radius 1 is 1.09 bits per heavy atom. The van der Waals surface area contributed by atoms with Crippen molar-refractivity contribution in [2.45, 2.75) is 26.4 Å². The number of ether oxygens (including phenoxy) is 1. The monoisotopic (exact) mass is 429 g/mol. The molecule has 9 heteroatoms. The van der Waals surface area contributed by atoms with Gasteiger partial charge in [0.25, 0.3) is 0 Å². The minimum absolute atomic E-state index is 0.0886. The van der Waals surface area contributed by atoms with E-state index in [0.29, 0.717) is 0 Å². The van der Waals surface area contributed by atoms with Crippen molar-refractivity contribution in [1.29, 1.82) is 5.26 Å². The number of nitriles is 1. The summed E-state index contributed by atoms with van der Waals surface area (Å²) in [6, 6.07) is 1.72. The van der Waals surface area contributed by atoms with Gasteiger partial charge in [-0.15, -0.1) is 0 Å². The van der Waals surface area contributed by atoms with Crippen LogP contribution in [0.4, 0.5) is 0 Å². The smallest absolute Gasteiger partial charge is 0.350 e. The molecule has 0 aliphatic carbocycles. The van der Waals surface area contributed by atoms with E-state index >= 15 is 0 Å². The standard InChI is InChI=1S/C14H11Cl4NO2S2/c1-14(2,3)21-13(20)7(6-19)10(11(22)8(17)4-15)12(23)9(18)5-16/h4-5H,1-3H3. The van der Waals surface area contributed by atoms with E-state index in [2.05, 4.69) is 0 Å². The second-order valence-corrected chi connectivity index (χ2v) is 7.00. The molecule has 23 heavy (non-hydrogen) atoms. The van der Waals surface area contributed by atoms with Gasteiger partial charge in [0.1, 0.15) is 17.2 Å². The zero-order valence-corrected chi connectivity index (χ0v) is 16.9. The number of allylic oxidation sites excluding steroid dienone is 3. The molecule has 0 unspecified atom stereocenters. The van der Waals surface area contributed by atoms with Crippen molar-refractivity contribution in [3.63, 3.8) is 0 Å². The van der Waals surface area contributed by atoms with Crippen molar-refractivity contribution in [3.05, 3.63) is 32.3 Å². The second-order valence-electron chi connectivity index (χ2n) is 4.94. The normalized spacial score (nSPS) is 12.3. The Kier molecular flexibility index (Phi) is 9.53. The van der Waals surface area contributed by atoms with Gasteiger partial charge in [0.15, 0.2) is 0 Å². The Labute approximate surface area is 165 Å². The zero-order valence-electron chi connectivity index (χ0n) is 12.2. The molecule has 0 aromatic carbocycles. The topological polar surface area (TPSA) is 50.1 Å². The highest BCUT2D eigenvalue weighted by atomic mass is 35.5. The summed E-state index contributed by atoms with van der Waals surface area (Å²) in [4.78, 5) is 12.0. The Hall–Kier alpha value is -0.480. The molecule has 0 radical (unpaired) electrons. The summed E-state index contributed by atoms with van der Waals surface area (Å²) in [5.41, 5.74) is 0.550. The summed E-state index contributed by atoms with van der Waals surface area (Å²) >= 11 is 33.1. The number of hydrogen-bond donors (Lipinski definition) is 0. The molecule has 0 N–H and O–H groups in total. The van der Waals surface area contributed by atoms with Crippen LogP contribution in [0.5, 0.6) is 0 Å². The molecule has 0 saturated carbocycles. The fourth-order valence-electron chi connectivity index (χ4n) is 1.20. The van der Waals surface area contributed by atoms with Crippen LogP contribution >= 0.6 is 70.8 Å². The number of rotatable bonds is 5. The maximum absolute atomic E-state index is 12.2. The molecule has 0 saturated heterocycles. The third kappa shape index (κ3) is 6.88. The third-order valence-electron chi connectivity index (χ3n) is 2.04. The molecule has 0 aliphatic heterocycles. The summed E-state index contributed by atoms with van der Waals surface area (Å²) in [5, 5.41) is 9.17. The Balaban J connectivity index is 6.37. The van der Waals surface area contributed by atoms with Crippen LogP contribution in [0.3, 0.4) is 0 Å². The second kappa shape index (κ2) is 9.73. The lowest BCUT2D eigenvalue weighted by Crippen LogP contribution is -2.27. The number of hydrogen-bond acceptors (Lipinski definition) is 5. The van der Waals surface area contributed by atoms with Gasteiger partial charge >= 0.3 is 5.97 Å². The Morgan fingerprint density at radius 2 is 1.48 bits per heavy atom. The predicted molar refractivity (Wildman–Crippen MR) is 103 cm³/mol. The van der Waals surface area contributed by atoms with Crippen LogP contribution in [-0.4, -0.2) is 21.3 Å². The first kappa shape index (κ1) is 22.5. The van der Waals surface area contributed by atoms with Crippen LogP contribution in [0.25, 0.3) is 0 Å². The number of carbonyl (C=O) groups is 1. The lowest BCUT2D eigenvalue weighted by atomic mass is 10.0. The van der Waals surface area contributed by atoms with Gasteiger partial charge in [0.2, 0.25) is 0 Å². The summed E-state index contributed by atoms with van der Waals surface area (Å²) in [6.07, 6.45) is 0. The van der Waals surface area contributed by atoms with Gasteiger partial charge in [0, 0.05) is 16.6 Å². The fourth-order valence-corrected chi connectivity index (χ4v) is 2.33. The first-order chi connectivity index (χ1) is 10.5. The highest BCUT2D eigenvalue weighted by Crippen LogP contribution is 2.25. The molecule has 0 amide bonds. The van der Waals surface area contributed by atoms with Gasteiger partial charge in [0.05, 0.1) is 19.8 Å². The molecule has 0 heterocycles. The molecule has 0 atom stereocenters. The van der Waals surface area contributed by atoms with Gasteiger partial charge in [-0.1, -0.05) is 70.8 Å².